The van der Waals surface area contributed by atoms with Crippen molar-refractivity contribution in [3.63, 3.8) is 0 Å². The van der Waals surface area contributed by atoms with Gasteiger partial charge >= 0.3 is 0 Å². The highest BCUT2D eigenvalue weighted by Crippen LogP contribution is 2.13. The zero-order valence-electron chi connectivity index (χ0n) is 13.5. The molecule has 0 fully saturated rings. The molecular weight excluding hydrogens is 306 g/mol. The maximum atomic E-state index is 5.90. The molecular formula is C19H22ClN3. The fraction of sp³-hybridized carbons (Fsp3) is 0.211. The predicted molar refractivity (Wildman–Crippen MR) is 101 cm³/mol. The molecule has 4 heteroatoms. The molecule has 0 aliphatic carbocycles. The number of nitrogens with one attached hydrogen (secondary N) is 1. The van der Waals surface area contributed by atoms with Gasteiger partial charge in [0, 0.05) is 18.0 Å². The minimum atomic E-state index is 0.719. The van der Waals surface area contributed by atoms with Crippen molar-refractivity contribution in [3.8, 4) is 0 Å². The summed E-state index contributed by atoms with van der Waals surface area (Å²) < 4.78 is 0. The van der Waals surface area contributed by atoms with Crippen LogP contribution in [0.2, 0.25) is 5.02 Å². The average molecular weight is 328 g/mol. The van der Waals surface area contributed by atoms with Crippen LogP contribution in [0.5, 0.6) is 0 Å². The molecule has 0 amide bonds. The molecule has 2 rings (SSSR count). The van der Waals surface area contributed by atoms with Crippen molar-refractivity contribution in [1.82, 2.24) is 4.90 Å². The second kappa shape index (κ2) is 9.13. The average Bonchev–Trinajstić information content (AvgIpc) is 2.56. The van der Waals surface area contributed by atoms with Crippen LogP contribution in [0.3, 0.4) is 0 Å². The molecule has 0 aliphatic rings. The third-order valence-corrected chi connectivity index (χ3v) is 3.51. The highest BCUT2D eigenvalue weighted by atomic mass is 35.5. The van der Waals surface area contributed by atoms with Crippen LogP contribution in [-0.2, 0) is 0 Å². The summed E-state index contributed by atoms with van der Waals surface area (Å²) in [5.74, 6) is 0. The molecule has 0 radical (unpaired) electrons. The van der Waals surface area contributed by atoms with Gasteiger partial charge in [-0.1, -0.05) is 48.0 Å². The molecule has 0 bridgehead atoms. The van der Waals surface area contributed by atoms with E-state index in [1.165, 1.54) is 0 Å². The lowest BCUT2D eigenvalue weighted by atomic mass is 10.1. The number of anilines is 1. The topological polar surface area (TPSA) is 27.6 Å². The van der Waals surface area contributed by atoms with E-state index in [1.54, 1.807) is 0 Å². The Morgan fingerprint density at radius 2 is 1.78 bits per heavy atom. The van der Waals surface area contributed by atoms with E-state index in [9.17, 15) is 0 Å². The first-order chi connectivity index (χ1) is 11.1. The van der Waals surface area contributed by atoms with E-state index >= 15 is 0 Å². The van der Waals surface area contributed by atoms with Gasteiger partial charge in [-0.05, 0) is 50.0 Å². The van der Waals surface area contributed by atoms with Crippen LogP contribution < -0.4 is 5.43 Å². The Kier molecular flexibility index (Phi) is 6.85. The number of hydrogen-bond donors (Lipinski definition) is 1. The molecule has 2 aromatic rings. The molecule has 0 heterocycles. The maximum Gasteiger partial charge on any atom is 0.0620 e. The fourth-order valence-electron chi connectivity index (χ4n) is 1.93. The van der Waals surface area contributed by atoms with E-state index in [0.29, 0.717) is 0 Å². The first-order valence-electron chi connectivity index (χ1n) is 7.59. The van der Waals surface area contributed by atoms with Gasteiger partial charge in [-0.3, -0.25) is 5.43 Å². The minimum absolute atomic E-state index is 0.719. The van der Waals surface area contributed by atoms with Crippen molar-refractivity contribution in [1.29, 1.82) is 0 Å². The van der Waals surface area contributed by atoms with E-state index in [0.717, 1.165) is 35.0 Å². The van der Waals surface area contributed by atoms with E-state index in [1.807, 2.05) is 42.5 Å². The van der Waals surface area contributed by atoms with Crippen molar-refractivity contribution in [2.24, 2.45) is 5.10 Å². The van der Waals surface area contributed by atoms with Gasteiger partial charge in [-0.15, -0.1) is 0 Å². The Balaban J connectivity index is 2.07. The third-order valence-electron chi connectivity index (χ3n) is 3.26. The van der Waals surface area contributed by atoms with E-state index in [-0.39, 0.29) is 0 Å². The number of benzene rings is 2. The van der Waals surface area contributed by atoms with Gasteiger partial charge in [0.2, 0.25) is 0 Å². The Morgan fingerprint density at radius 1 is 1.09 bits per heavy atom. The van der Waals surface area contributed by atoms with Crippen molar-refractivity contribution in [2.45, 2.75) is 6.42 Å². The standard InChI is InChI=1S/C19H22ClN3/c1-23(2)15-14-19(11-8-16-6-4-3-5-7-16)22-21-18-12-9-17(20)10-13-18/h3-13,21H,14-15H2,1-2H3/b11-8+,22-19+. The summed E-state index contributed by atoms with van der Waals surface area (Å²) in [4.78, 5) is 2.15. The predicted octanol–water partition coefficient (Wildman–Crippen LogP) is 4.77. The molecule has 0 saturated heterocycles. The molecule has 0 spiro atoms. The van der Waals surface area contributed by atoms with Gasteiger partial charge in [0.25, 0.3) is 0 Å². The quantitative estimate of drug-likeness (QED) is 0.585. The van der Waals surface area contributed by atoms with Crippen molar-refractivity contribution in [3.05, 3.63) is 71.3 Å². The summed E-state index contributed by atoms with van der Waals surface area (Å²) in [5.41, 5.74) is 6.17. The number of rotatable bonds is 7. The van der Waals surface area contributed by atoms with E-state index in [4.69, 9.17) is 11.6 Å². The molecule has 0 aromatic heterocycles. The molecule has 0 atom stereocenters. The zero-order chi connectivity index (χ0) is 16.5. The molecule has 23 heavy (non-hydrogen) atoms. The highest BCUT2D eigenvalue weighted by Gasteiger charge is 1.98. The Bertz CT molecular complexity index is 646. The van der Waals surface area contributed by atoms with Crippen LogP contribution in [0.4, 0.5) is 5.69 Å². The number of allylic oxidation sites excluding steroid dienone is 1. The van der Waals surface area contributed by atoms with Crippen LogP contribution >= 0.6 is 11.6 Å². The molecule has 3 nitrogen and oxygen atoms in total. The van der Waals surface area contributed by atoms with E-state index < -0.39 is 0 Å². The number of halogens is 1. The number of hydrazone groups is 1. The van der Waals surface area contributed by atoms with Gasteiger partial charge < -0.3 is 4.90 Å². The number of nitrogens with zero attached hydrogens (tertiary/aromatic N) is 2. The molecule has 120 valence electrons. The Morgan fingerprint density at radius 3 is 2.43 bits per heavy atom. The fourth-order valence-corrected chi connectivity index (χ4v) is 2.06. The molecule has 0 saturated carbocycles. The van der Waals surface area contributed by atoms with Crippen molar-refractivity contribution in [2.75, 3.05) is 26.1 Å². The minimum Gasteiger partial charge on any atom is -0.309 e. The summed E-state index contributed by atoms with van der Waals surface area (Å²) in [6.07, 6.45) is 5.01. The molecule has 2 aromatic carbocycles. The monoisotopic (exact) mass is 327 g/mol. The Hall–Kier alpha value is -2.10. The first-order valence-corrected chi connectivity index (χ1v) is 7.97. The van der Waals surface area contributed by atoms with Crippen LogP contribution in [0, 0.1) is 0 Å². The smallest absolute Gasteiger partial charge is 0.0620 e. The molecule has 0 unspecified atom stereocenters. The second-order valence-corrected chi connectivity index (χ2v) is 5.96. The second-order valence-electron chi connectivity index (χ2n) is 5.52. The summed E-state index contributed by atoms with van der Waals surface area (Å²) in [6, 6.07) is 17.7. The normalized spacial score (nSPS) is 12.1. The first kappa shape index (κ1) is 17.3. The summed E-state index contributed by atoms with van der Waals surface area (Å²) in [5, 5.41) is 5.24. The van der Waals surface area contributed by atoms with Gasteiger partial charge in [0.05, 0.1) is 11.4 Å². The largest absolute Gasteiger partial charge is 0.309 e. The van der Waals surface area contributed by atoms with Crippen LogP contribution in [-0.4, -0.2) is 31.3 Å². The van der Waals surface area contributed by atoms with Crippen LogP contribution in [0.25, 0.3) is 6.08 Å². The zero-order valence-corrected chi connectivity index (χ0v) is 14.3. The van der Waals surface area contributed by atoms with Crippen LogP contribution in [0.1, 0.15) is 12.0 Å². The van der Waals surface area contributed by atoms with Gasteiger partial charge in [-0.25, -0.2) is 0 Å². The van der Waals surface area contributed by atoms with Crippen molar-refractivity contribution >= 4 is 29.1 Å². The molecule has 1 N–H and O–H groups in total. The van der Waals surface area contributed by atoms with Gasteiger partial charge in [0.1, 0.15) is 0 Å². The van der Waals surface area contributed by atoms with Gasteiger partial charge in [0.15, 0.2) is 0 Å². The molecule has 0 aliphatic heterocycles. The SMILES string of the molecule is CN(C)CCC(/C=C/c1ccccc1)=N/Nc1ccc(Cl)cc1. The summed E-state index contributed by atoms with van der Waals surface area (Å²) in [6.45, 7) is 0.945. The lowest BCUT2D eigenvalue weighted by Crippen LogP contribution is -2.16. The van der Waals surface area contributed by atoms with Crippen molar-refractivity contribution < 1.29 is 0 Å². The third kappa shape index (κ3) is 6.68. The van der Waals surface area contributed by atoms with Gasteiger partial charge in [-0.2, -0.15) is 5.10 Å². The summed E-state index contributed by atoms with van der Waals surface area (Å²) >= 11 is 5.90. The summed E-state index contributed by atoms with van der Waals surface area (Å²) in [7, 11) is 4.12. The maximum absolute atomic E-state index is 5.90. The van der Waals surface area contributed by atoms with Crippen LogP contribution in [0.15, 0.2) is 65.8 Å². The lowest BCUT2D eigenvalue weighted by molar-refractivity contribution is 0.422. The highest BCUT2D eigenvalue weighted by molar-refractivity contribution is 6.30. The van der Waals surface area contributed by atoms with E-state index in [2.05, 4.69) is 53.8 Å². The Labute approximate surface area is 143 Å². The number of hydrogen-bond acceptors (Lipinski definition) is 3. The lowest BCUT2D eigenvalue weighted by Gasteiger charge is -2.09.